The summed E-state index contributed by atoms with van der Waals surface area (Å²) in [5, 5.41) is 8.30. The summed E-state index contributed by atoms with van der Waals surface area (Å²) >= 11 is 8.46. The van der Waals surface area contributed by atoms with Gasteiger partial charge in [0.1, 0.15) is 0 Å². The molecule has 1 heterocycles. The number of halogens is 2. The molecule has 78 valence electrons. The minimum atomic E-state index is -0.444. The predicted molar refractivity (Wildman–Crippen MR) is 68.0 cm³/mol. The largest absolute Gasteiger partial charge is 0.154 e. The average molecular weight is 325 g/mol. The van der Waals surface area contributed by atoms with Crippen molar-refractivity contribution in [1.29, 1.82) is 0 Å². The van der Waals surface area contributed by atoms with Gasteiger partial charge >= 0.3 is 0 Å². The van der Waals surface area contributed by atoms with Crippen molar-refractivity contribution in [2.24, 2.45) is 0 Å². The van der Waals surface area contributed by atoms with Crippen LogP contribution in [0.2, 0.25) is 0 Å². The number of nitrogens with zero attached hydrogens (tertiary/aromatic N) is 2. The van der Waals surface area contributed by atoms with Crippen molar-refractivity contribution < 1.29 is 0 Å². The molecule has 0 unspecified atom stereocenters. The van der Waals surface area contributed by atoms with E-state index in [1.165, 1.54) is 0 Å². The number of hydrogen-bond acceptors (Lipinski definition) is 2. The standard InChI is InChI=1S/C10H14ClIN2/c1-9(2,11)7-5-6-8(14-13-7)10(3,4)12/h5-6H,1-4H3. The molecule has 0 aliphatic rings. The van der Waals surface area contributed by atoms with Gasteiger partial charge in [0.05, 0.1) is 19.7 Å². The number of hydrogen-bond donors (Lipinski definition) is 0. The van der Waals surface area contributed by atoms with Gasteiger partial charge in [-0.3, -0.25) is 0 Å². The molecule has 0 bridgehead atoms. The number of alkyl halides is 2. The maximum Gasteiger partial charge on any atom is 0.0835 e. The molecule has 0 atom stereocenters. The van der Waals surface area contributed by atoms with E-state index in [4.69, 9.17) is 11.6 Å². The molecule has 0 saturated carbocycles. The van der Waals surface area contributed by atoms with E-state index in [1.54, 1.807) is 0 Å². The van der Waals surface area contributed by atoms with Crippen molar-refractivity contribution in [3.8, 4) is 0 Å². The van der Waals surface area contributed by atoms with E-state index in [9.17, 15) is 0 Å². The van der Waals surface area contributed by atoms with Crippen LogP contribution in [-0.2, 0) is 8.30 Å². The lowest BCUT2D eigenvalue weighted by atomic mass is 10.1. The summed E-state index contributed by atoms with van der Waals surface area (Å²) in [6.07, 6.45) is 0. The summed E-state index contributed by atoms with van der Waals surface area (Å²) in [5.74, 6) is 0. The van der Waals surface area contributed by atoms with Crippen LogP contribution in [0.1, 0.15) is 39.1 Å². The molecule has 4 heteroatoms. The maximum absolute atomic E-state index is 6.12. The van der Waals surface area contributed by atoms with Gasteiger partial charge in [0.2, 0.25) is 0 Å². The number of aromatic nitrogens is 2. The second-order valence-corrected chi connectivity index (χ2v) is 7.89. The first-order valence-corrected chi connectivity index (χ1v) is 5.89. The van der Waals surface area contributed by atoms with Crippen LogP contribution in [0.25, 0.3) is 0 Å². The zero-order valence-electron chi connectivity index (χ0n) is 8.81. The molecule has 0 aliphatic heterocycles. The van der Waals surface area contributed by atoms with Gasteiger partial charge in [-0.15, -0.1) is 11.6 Å². The third kappa shape index (κ3) is 3.05. The Labute approximate surface area is 104 Å². The van der Waals surface area contributed by atoms with Crippen molar-refractivity contribution in [2.45, 2.75) is 36.0 Å². The van der Waals surface area contributed by atoms with E-state index in [2.05, 4.69) is 46.6 Å². The van der Waals surface area contributed by atoms with Crippen LogP contribution in [0.3, 0.4) is 0 Å². The first kappa shape index (κ1) is 12.2. The van der Waals surface area contributed by atoms with Crippen LogP contribution in [0.5, 0.6) is 0 Å². The van der Waals surface area contributed by atoms with Gasteiger partial charge in [-0.1, -0.05) is 22.6 Å². The zero-order valence-corrected chi connectivity index (χ0v) is 11.7. The van der Waals surface area contributed by atoms with E-state index in [-0.39, 0.29) is 3.42 Å². The molecule has 0 amide bonds. The average Bonchev–Trinajstić information content (AvgIpc) is 2.01. The Morgan fingerprint density at radius 3 is 1.79 bits per heavy atom. The van der Waals surface area contributed by atoms with Gasteiger partial charge in [0.15, 0.2) is 0 Å². The summed E-state index contributed by atoms with van der Waals surface area (Å²) in [6.45, 7) is 8.02. The van der Waals surface area contributed by atoms with Gasteiger partial charge in [-0.05, 0) is 39.8 Å². The zero-order chi connectivity index (χ0) is 11.0. The molecule has 0 aliphatic carbocycles. The van der Waals surface area contributed by atoms with Crippen LogP contribution in [0.15, 0.2) is 12.1 Å². The highest BCUT2D eigenvalue weighted by Crippen LogP contribution is 2.30. The van der Waals surface area contributed by atoms with Gasteiger partial charge in [0, 0.05) is 0 Å². The summed E-state index contributed by atoms with van der Waals surface area (Å²) in [7, 11) is 0. The minimum Gasteiger partial charge on any atom is -0.154 e. The quantitative estimate of drug-likeness (QED) is 0.613. The third-order valence-electron chi connectivity index (χ3n) is 1.88. The first-order valence-electron chi connectivity index (χ1n) is 4.44. The molecule has 1 aromatic heterocycles. The second kappa shape index (κ2) is 3.93. The molecule has 0 spiro atoms. The van der Waals surface area contributed by atoms with Crippen LogP contribution in [-0.4, -0.2) is 10.2 Å². The number of rotatable bonds is 2. The fourth-order valence-electron chi connectivity index (χ4n) is 0.966. The summed E-state index contributed by atoms with van der Waals surface area (Å²) < 4.78 is 0.0136. The van der Waals surface area contributed by atoms with E-state index >= 15 is 0 Å². The Hall–Kier alpha value is 0.1000. The monoisotopic (exact) mass is 324 g/mol. The van der Waals surface area contributed by atoms with Gasteiger partial charge in [0.25, 0.3) is 0 Å². The van der Waals surface area contributed by atoms with Crippen LogP contribution < -0.4 is 0 Å². The molecule has 0 radical (unpaired) electrons. The Bertz CT molecular complexity index is 275. The molecule has 2 nitrogen and oxygen atoms in total. The van der Waals surface area contributed by atoms with E-state index < -0.39 is 4.87 Å². The van der Waals surface area contributed by atoms with Crippen LogP contribution in [0.4, 0.5) is 0 Å². The smallest absolute Gasteiger partial charge is 0.0835 e. The SMILES string of the molecule is CC(C)(Cl)c1ccc(C(C)(C)I)nn1. The second-order valence-electron chi connectivity index (χ2n) is 4.25. The lowest BCUT2D eigenvalue weighted by Gasteiger charge is -2.18. The molecular formula is C10H14ClIN2. The molecule has 14 heavy (non-hydrogen) atoms. The fraction of sp³-hybridized carbons (Fsp3) is 0.600. The van der Waals surface area contributed by atoms with Crippen LogP contribution in [0, 0.1) is 0 Å². The third-order valence-corrected chi connectivity index (χ3v) is 2.63. The molecular weight excluding hydrogens is 310 g/mol. The topological polar surface area (TPSA) is 25.8 Å². The van der Waals surface area contributed by atoms with Crippen molar-refractivity contribution in [3.05, 3.63) is 23.5 Å². The first-order chi connectivity index (χ1) is 6.21. The lowest BCUT2D eigenvalue weighted by Crippen LogP contribution is -2.15. The molecule has 1 rings (SSSR count). The molecule has 1 aromatic rings. The summed E-state index contributed by atoms with van der Waals surface area (Å²) in [6, 6.07) is 3.93. The van der Waals surface area contributed by atoms with E-state index in [0.29, 0.717) is 0 Å². The molecule has 0 N–H and O–H groups in total. The van der Waals surface area contributed by atoms with Gasteiger partial charge < -0.3 is 0 Å². The molecule has 0 saturated heterocycles. The highest BCUT2D eigenvalue weighted by molar-refractivity contribution is 14.1. The Morgan fingerprint density at radius 1 is 1.07 bits per heavy atom. The van der Waals surface area contributed by atoms with E-state index in [1.807, 2.05) is 26.0 Å². The fourth-order valence-corrected chi connectivity index (χ4v) is 1.35. The highest BCUT2D eigenvalue weighted by atomic mass is 127. The molecule has 0 aromatic carbocycles. The van der Waals surface area contributed by atoms with Crippen molar-refractivity contribution in [1.82, 2.24) is 10.2 Å². The molecule has 0 fully saturated rings. The normalized spacial score (nSPS) is 13.0. The highest BCUT2D eigenvalue weighted by Gasteiger charge is 2.22. The van der Waals surface area contributed by atoms with Crippen molar-refractivity contribution >= 4 is 34.2 Å². The minimum absolute atomic E-state index is 0.0136. The van der Waals surface area contributed by atoms with Crippen molar-refractivity contribution in [2.75, 3.05) is 0 Å². The Morgan fingerprint density at radius 2 is 1.50 bits per heavy atom. The maximum atomic E-state index is 6.12. The Balaban J connectivity index is 3.02. The van der Waals surface area contributed by atoms with Gasteiger partial charge in [-0.25, -0.2) is 0 Å². The summed E-state index contributed by atoms with van der Waals surface area (Å²) in [5.41, 5.74) is 1.78. The van der Waals surface area contributed by atoms with Crippen LogP contribution >= 0.6 is 34.2 Å². The summed E-state index contributed by atoms with van der Waals surface area (Å²) in [4.78, 5) is -0.444. The van der Waals surface area contributed by atoms with E-state index in [0.717, 1.165) is 11.4 Å². The Kier molecular flexibility index (Phi) is 3.41. The predicted octanol–water partition coefficient (Wildman–Crippen LogP) is 3.62. The lowest BCUT2D eigenvalue weighted by molar-refractivity contribution is 0.679. The van der Waals surface area contributed by atoms with Crippen molar-refractivity contribution in [3.63, 3.8) is 0 Å². The van der Waals surface area contributed by atoms with Gasteiger partial charge in [-0.2, -0.15) is 10.2 Å².